The van der Waals surface area contributed by atoms with Gasteiger partial charge in [0.15, 0.2) is 11.0 Å². The van der Waals surface area contributed by atoms with Crippen molar-refractivity contribution < 1.29 is 4.52 Å². The van der Waals surface area contributed by atoms with Crippen LogP contribution in [0.25, 0.3) is 10.9 Å². The highest BCUT2D eigenvalue weighted by molar-refractivity contribution is 7.99. The van der Waals surface area contributed by atoms with Crippen molar-refractivity contribution >= 4 is 22.7 Å². The van der Waals surface area contributed by atoms with Gasteiger partial charge in [-0.15, -0.1) is 0 Å². The van der Waals surface area contributed by atoms with Crippen molar-refractivity contribution in [1.82, 2.24) is 19.7 Å². The summed E-state index contributed by atoms with van der Waals surface area (Å²) >= 11 is 1.48. The zero-order chi connectivity index (χ0) is 18.7. The maximum Gasteiger partial charge on any atom is 0.262 e. The molecule has 2 heterocycles. The monoisotopic (exact) mass is 372 g/mol. The van der Waals surface area contributed by atoms with Crippen molar-refractivity contribution in [3.63, 3.8) is 0 Å². The predicted octanol–water partition coefficient (Wildman–Crippen LogP) is 4.56. The van der Waals surface area contributed by atoms with Gasteiger partial charge in [0.25, 0.3) is 5.56 Å². The molecule has 2 aromatic heterocycles. The summed E-state index contributed by atoms with van der Waals surface area (Å²) in [6.45, 7) is 8.82. The summed E-state index contributed by atoms with van der Waals surface area (Å²) in [5.41, 5.74) is 0.723. The Kier molecular flexibility index (Phi) is 5.76. The molecule has 0 N–H and O–H groups in total. The summed E-state index contributed by atoms with van der Waals surface area (Å²) in [5, 5.41) is 5.29. The average Bonchev–Trinajstić information content (AvgIpc) is 3.12. The Balaban J connectivity index is 1.97. The van der Waals surface area contributed by atoms with E-state index in [1.165, 1.54) is 11.8 Å². The van der Waals surface area contributed by atoms with E-state index in [2.05, 4.69) is 17.1 Å². The minimum Gasteiger partial charge on any atom is -0.338 e. The van der Waals surface area contributed by atoms with Crippen LogP contribution in [0, 0.1) is 0 Å². The molecule has 26 heavy (non-hydrogen) atoms. The number of hydrogen-bond acceptors (Lipinski definition) is 6. The molecular weight excluding hydrogens is 348 g/mol. The van der Waals surface area contributed by atoms with Crippen molar-refractivity contribution in [2.75, 3.05) is 0 Å². The first-order valence-electron chi connectivity index (χ1n) is 9.01. The number of aromatic nitrogens is 4. The summed E-state index contributed by atoms with van der Waals surface area (Å²) in [6, 6.07) is 7.48. The molecule has 138 valence electrons. The van der Waals surface area contributed by atoms with Gasteiger partial charge in [0.05, 0.1) is 16.2 Å². The summed E-state index contributed by atoms with van der Waals surface area (Å²) in [5.74, 6) is 1.47. The fraction of sp³-hybridized carbons (Fsp3) is 0.474. The van der Waals surface area contributed by atoms with Crippen molar-refractivity contribution in [3.8, 4) is 0 Å². The fourth-order valence-corrected chi connectivity index (χ4v) is 3.57. The van der Waals surface area contributed by atoms with Crippen molar-refractivity contribution in [2.45, 2.75) is 63.4 Å². The van der Waals surface area contributed by atoms with E-state index in [1.54, 1.807) is 4.57 Å². The first-order chi connectivity index (χ1) is 12.5. The normalized spacial score (nSPS) is 12.8. The van der Waals surface area contributed by atoms with Gasteiger partial charge in [0, 0.05) is 12.5 Å². The van der Waals surface area contributed by atoms with E-state index in [4.69, 9.17) is 9.51 Å². The predicted molar refractivity (Wildman–Crippen MR) is 104 cm³/mol. The second-order valence-electron chi connectivity index (χ2n) is 6.63. The summed E-state index contributed by atoms with van der Waals surface area (Å²) in [6.07, 6.45) is 1.94. The first-order valence-corrected chi connectivity index (χ1v) is 9.89. The van der Waals surface area contributed by atoms with E-state index in [1.807, 2.05) is 45.0 Å². The van der Waals surface area contributed by atoms with Gasteiger partial charge in [0.1, 0.15) is 0 Å². The van der Waals surface area contributed by atoms with Crippen LogP contribution < -0.4 is 5.56 Å². The van der Waals surface area contributed by atoms with Crippen molar-refractivity contribution in [2.24, 2.45) is 0 Å². The average molecular weight is 372 g/mol. The van der Waals surface area contributed by atoms with E-state index >= 15 is 0 Å². The summed E-state index contributed by atoms with van der Waals surface area (Å²) < 4.78 is 7.17. The number of thioether (sulfide) groups is 1. The largest absolute Gasteiger partial charge is 0.338 e. The second kappa shape index (κ2) is 8.03. The van der Waals surface area contributed by atoms with Crippen LogP contribution in [0.2, 0.25) is 0 Å². The third kappa shape index (κ3) is 3.82. The minimum absolute atomic E-state index is 0.00662. The molecular formula is C19H24N4O2S. The topological polar surface area (TPSA) is 73.8 Å². The van der Waals surface area contributed by atoms with E-state index in [0.29, 0.717) is 34.3 Å². The Bertz CT molecular complexity index is 948. The molecule has 0 aliphatic carbocycles. The molecule has 0 bridgehead atoms. The SMILES string of the molecule is CCCCn1c(S[C@H](C)c2nc(C(C)C)no2)nc2ccccc2c1=O. The highest BCUT2D eigenvalue weighted by Gasteiger charge is 2.20. The van der Waals surface area contributed by atoms with Crippen LogP contribution in [0.5, 0.6) is 0 Å². The van der Waals surface area contributed by atoms with Crippen molar-refractivity contribution in [3.05, 3.63) is 46.3 Å². The van der Waals surface area contributed by atoms with Crippen LogP contribution in [0.4, 0.5) is 0 Å². The van der Waals surface area contributed by atoms with Gasteiger partial charge < -0.3 is 4.52 Å². The molecule has 0 aliphatic heterocycles. The highest BCUT2D eigenvalue weighted by atomic mass is 32.2. The molecule has 3 rings (SSSR count). The van der Waals surface area contributed by atoms with Gasteiger partial charge in [-0.3, -0.25) is 9.36 Å². The van der Waals surface area contributed by atoms with Crippen LogP contribution in [0.1, 0.15) is 63.4 Å². The molecule has 3 aromatic rings. The van der Waals surface area contributed by atoms with Crippen LogP contribution in [0.3, 0.4) is 0 Å². The molecule has 0 unspecified atom stereocenters. The third-order valence-electron chi connectivity index (χ3n) is 4.17. The number of hydrogen-bond donors (Lipinski definition) is 0. The molecule has 0 amide bonds. The summed E-state index contributed by atoms with van der Waals surface area (Å²) in [7, 11) is 0. The lowest BCUT2D eigenvalue weighted by atomic mass is 10.2. The number of rotatable bonds is 7. The Morgan fingerprint density at radius 3 is 2.65 bits per heavy atom. The number of nitrogens with zero attached hydrogens (tertiary/aromatic N) is 4. The fourth-order valence-electron chi connectivity index (χ4n) is 2.61. The second-order valence-corrected chi connectivity index (χ2v) is 7.94. The maximum atomic E-state index is 12.9. The quantitative estimate of drug-likeness (QED) is 0.447. The van der Waals surface area contributed by atoms with Crippen LogP contribution in [-0.4, -0.2) is 19.7 Å². The number of benzene rings is 1. The van der Waals surface area contributed by atoms with E-state index in [-0.39, 0.29) is 16.7 Å². The Morgan fingerprint density at radius 2 is 1.96 bits per heavy atom. The van der Waals surface area contributed by atoms with E-state index < -0.39 is 0 Å². The Hall–Kier alpha value is -2.15. The number of para-hydroxylation sites is 1. The molecule has 0 spiro atoms. The molecule has 0 aliphatic rings. The van der Waals surface area contributed by atoms with E-state index in [9.17, 15) is 4.79 Å². The van der Waals surface area contributed by atoms with Crippen molar-refractivity contribution in [1.29, 1.82) is 0 Å². The van der Waals surface area contributed by atoms with Crippen LogP contribution >= 0.6 is 11.8 Å². The molecule has 1 atom stereocenters. The molecule has 0 saturated carbocycles. The van der Waals surface area contributed by atoms with Gasteiger partial charge in [0.2, 0.25) is 5.89 Å². The van der Waals surface area contributed by atoms with Crippen LogP contribution in [-0.2, 0) is 6.54 Å². The van der Waals surface area contributed by atoms with E-state index in [0.717, 1.165) is 12.8 Å². The molecule has 7 heteroatoms. The lowest BCUT2D eigenvalue weighted by molar-refractivity contribution is 0.372. The first kappa shape index (κ1) is 18.6. The zero-order valence-electron chi connectivity index (χ0n) is 15.6. The zero-order valence-corrected chi connectivity index (χ0v) is 16.4. The standard InChI is InChI=1S/C19H24N4O2S/c1-5-6-11-23-18(24)14-9-7-8-10-15(14)20-19(23)26-13(4)17-21-16(12(2)3)22-25-17/h7-10,12-13H,5-6,11H2,1-4H3/t13-/m1/s1. The molecule has 6 nitrogen and oxygen atoms in total. The summed E-state index contributed by atoms with van der Waals surface area (Å²) in [4.78, 5) is 22.1. The number of unbranched alkanes of at least 4 members (excludes halogenated alkanes) is 1. The van der Waals surface area contributed by atoms with Crippen LogP contribution in [0.15, 0.2) is 38.7 Å². The number of fused-ring (bicyclic) bond motifs is 1. The molecule has 0 radical (unpaired) electrons. The lowest BCUT2D eigenvalue weighted by Gasteiger charge is -2.14. The molecule has 1 aromatic carbocycles. The van der Waals surface area contributed by atoms with Gasteiger partial charge in [-0.1, -0.05) is 56.2 Å². The maximum absolute atomic E-state index is 12.9. The third-order valence-corrected chi connectivity index (χ3v) is 5.24. The smallest absolute Gasteiger partial charge is 0.262 e. The molecule has 0 saturated heterocycles. The van der Waals surface area contributed by atoms with Gasteiger partial charge in [-0.25, -0.2) is 4.98 Å². The Morgan fingerprint density at radius 1 is 1.19 bits per heavy atom. The molecule has 0 fully saturated rings. The highest BCUT2D eigenvalue weighted by Crippen LogP contribution is 2.33. The van der Waals surface area contributed by atoms with Gasteiger partial charge in [-0.2, -0.15) is 4.98 Å². The lowest BCUT2D eigenvalue weighted by Crippen LogP contribution is -2.23. The minimum atomic E-state index is -0.0871. The van der Waals surface area contributed by atoms with Gasteiger partial charge in [-0.05, 0) is 25.5 Å². The Labute approximate surface area is 157 Å². The van der Waals surface area contributed by atoms with Gasteiger partial charge >= 0.3 is 0 Å².